The molecule has 0 radical (unpaired) electrons. The summed E-state index contributed by atoms with van der Waals surface area (Å²) in [6.45, 7) is 3.33. The Balaban J connectivity index is 2.09. The number of hydrogen-bond donors (Lipinski definition) is 0. The van der Waals surface area contributed by atoms with Gasteiger partial charge in [0.15, 0.2) is 0 Å². The molecule has 3 heterocycles. The fourth-order valence-electron chi connectivity index (χ4n) is 2.87. The molecule has 0 amide bonds. The summed E-state index contributed by atoms with van der Waals surface area (Å²) in [5.41, 5.74) is 1.73. The van der Waals surface area contributed by atoms with Crippen LogP contribution in [-0.2, 0) is 0 Å². The van der Waals surface area contributed by atoms with Gasteiger partial charge in [0, 0.05) is 30.4 Å². The Bertz CT molecular complexity index is 612. The van der Waals surface area contributed by atoms with Crippen LogP contribution in [0.4, 0.5) is 4.39 Å². The van der Waals surface area contributed by atoms with E-state index >= 15 is 0 Å². The van der Waals surface area contributed by atoms with Crippen LogP contribution in [0, 0.1) is 6.92 Å². The zero-order valence-electron chi connectivity index (χ0n) is 11.0. The number of piperidine rings is 1. The van der Waals surface area contributed by atoms with Crippen molar-refractivity contribution in [1.29, 1.82) is 0 Å². The van der Waals surface area contributed by atoms with Crippen molar-refractivity contribution in [2.24, 2.45) is 0 Å². The lowest BCUT2D eigenvalue weighted by Gasteiger charge is -2.34. The molecule has 1 fully saturated rings. The predicted molar refractivity (Wildman–Crippen MR) is 73.3 cm³/mol. The molecular weight excluding hydrogens is 267 g/mol. The molecule has 0 unspecified atom stereocenters. The third-order valence-electron chi connectivity index (χ3n) is 3.78. The Kier molecular flexibility index (Phi) is 3.19. The standard InChI is InChI=1S/C13H16ClFN4/c1-8-5-9-6-16-13(14)17-12(9)19(8)11-3-4-18(2)7-10(11)15/h5-6,10-11H,3-4,7H2,1-2H3/t10-,11+/m0/s1. The molecule has 19 heavy (non-hydrogen) atoms. The van der Waals surface area contributed by atoms with Gasteiger partial charge in [0.1, 0.15) is 11.8 Å². The molecule has 1 aliphatic heterocycles. The highest BCUT2D eigenvalue weighted by atomic mass is 35.5. The number of hydrogen-bond acceptors (Lipinski definition) is 3. The Hall–Kier alpha value is -1.20. The highest BCUT2D eigenvalue weighted by Crippen LogP contribution is 2.31. The first-order valence-corrected chi connectivity index (χ1v) is 6.77. The first kappa shape index (κ1) is 12.8. The molecular formula is C13H16ClFN4. The molecule has 0 aliphatic carbocycles. The van der Waals surface area contributed by atoms with Crippen molar-refractivity contribution in [3.05, 3.63) is 23.2 Å². The molecule has 0 aromatic carbocycles. The van der Waals surface area contributed by atoms with Gasteiger partial charge in [-0.2, -0.15) is 4.98 Å². The van der Waals surface area contributed by atoms with Crippen LogP contribution >= 0.6 is 11.6 Å². The van der Waals surface area contributed by atoms with E-state index in [9.17, 15) is 4.39 Å². The smallest absolute Gasteiger partial charge is 0.224 e. The molecule has 6 heteroatoms. The van der Waals surface area contributed by atoms with Gasteiger partial charge >= 0.3 is 0 Å². The first-order chi connectivity index (χ1) is 9.06. The number of aryl methyl sites for hydroxylation is 1. The first-order valence-electron chi connectivity index (χ1n) is 6.39. The number of rotatable bonds is 1. The van der Waals surface area contributed by atoms with Gasteiger partial charge in [-0.05, 0) is 38.1 Å². The van der Waals surface area contributed by atoms with E-state index in [0.717, 1.165) is 29.7 Å². The largest absolute Gasteiger partial charge is 0.324 e. The lowest BCUT2D eigenvalue weighted by molar-refractivity contribution is 0.108. The predicted octanol–water partition coefficient (Wildman–Crippen LogP) is 2.61. The Morgan fingerprint density at radius 3 is 3.00 bits per heavy atom. The summed E-state index contributed by atoms with van der Waals surface area (Å²) >= 11 is 5.86. The maximum atomic E-state index is 14.3. The number of likely N-dealkylation sites (tertiary alicyclic amines) is 1. The van der Waals surface area contributed by atoms with E-state index in [1.807, 2.05) is 29.5 Å². The molecule has 0 bridgehead atoms. The molecule has 1 saturated heterocycles. The summed E-state index contributed by atoms with van der Waals surface area (Å²) < 4.78 is 16.3. The third kappa shape index (κ3) is 2.21. The fraction of sp³-hybridized carbons (Fsp3) is 0.538. The van der Waals surface area contributed by atoms with Crippen LogP contribution in [0.5, 0.6) is 0 Å². The summed E-state index contributed by atoms with van der Waals surface area (Å²) in [6.07, 6.45) is 1.59. The lowest BCUT2D eigenvalue weighted by Crippen LogP contribution is -2.40. The van der Waals surface area contributed by atoms with E-state index in [0.29, 0.717) is 6.54 Å². The SMILES string of the molecule is Cc1cc2cnc(Cl)nc2n1[C@@H]1CCN(C)C[C@@H]1F. The van der Waals surface area contributed by atoms with Gasteiger partial charge in [-0.3, -0.25) is 0 Å². The number of fused-ring (bicyclic) bond motifs is 1. The Morgan fingerprint density at radius 2 is 2.26 bits per heavy atom. The third-order valence-corrected chi connectivity index (χ3v) is 3.96. The normalized spacial score (nSPS) is 25.1. The van der Waals surface area contributed by atoms with E-state index in [2.05, 4.69) is 9.97 Å². The van der Waals surface area contributed by atoms with Gasteiger partial charge < -0.3 is 9.47 Å². The number of halogens is 2. The second-order valence-electron chi connectivity index (χ2n) is 5.21. The van der Waals surface area contributed by atoms with Gasteiger partial charge in [0.2, 0.25) is 5.28 Å². The molecule has 4 nitrogen and oxygen atoms in total. The number of alkyl halides is 1. The molecule has 0 saturated carbocycles. The van der Waals surface area contributed by atoms with Crippen LogP contribution in [0.15, 0.2) is 12.3 Å². The zero-order valence-corrected chi connectivity index (χ0v) is 11.7. The highest BCUT2D eigenvalue weighted by molar-refractivity contribution is 6.28. The van der Waals surface area contributed by atoms with Gasteiger partial charge in [0.05, 0.1) is 6.04 Å². The van der Waals surface area contributed by atoms with Gasteiger partial charge in [-0.1, -0.05) is 0 Å². The molecule has 2 aromatic rings. The van der Waals surface area contributed by atoms with Crippen LogP contribution in [-0.4, -0.2) is 45.7 Å². The topological polar surface area (TPSA) is 34.0 Å². The van der Waals surface area contributed by atoms with Crippen LogP contribution in [0.3, 0.4) is 0 Å². The van der Waals surface area contributed by atoms with E-state index in [-0.39, 0.29) is 11.3 Å². The molecule has 2 atom stereocenters. The molecule has 0 N–H and O–H groups in total. The van der Waals surface area contributed by atoms with E-state index in [4.69, 9.17) is 11.6 Å². The summed E-state index contributed by atoms with van der Waals surface area (Å²) in [4.78, 5) is 10.3. The molecule has 2 aromatic heterocycles. The van der Waals surface area contributed by atoms with Gasteiger partial charge in [-0.25, -0.2) is 9.37 Å². The van der Waals surface area contributed by atoms with Crippen LogP contribution < -0.4 is 0 Å². The van der Waals surface area contributed by atoms with Gasteiger partial charge in [0.25, 0.3) is 0 Å². The number of nitrogens with zero attached hydrogens (tertiary/aromatic N) is 4. The van der Waals surface area contributed by atoms with Crippen molar-refractivity contribution in [3.63, 3.8) is 0 Å². The van der Waals surface area contributed by atoms with Crippen molar-refractivity contribution >= 4 is 22.6 Å². The summed E-state index contributed by atoms with van der Waals surface area (Å²) in [7, 11) is 1.95. The average molecular weight is 283 g/mol. The summed E-state index contributed by atoms with van der Waals surface area (Å²) in [6, 6.07) is 1.82. The van der Waals surface area contributed by atoms with E-state index in [1.165, 1.54) is 0 Å². The van der Waals surface area contributed by atoms with Crippen LogP contribution in [0.2, 0.25) is 5.28 Å². The molecule has 1 aliphatic rings. The van der Waals surface area contributed by atoms with Crippen molar-refractivity contribution in [3.8, 4) is 0 Å². The Morgan fingerprint density at radius 1 is 1.47 bits per heavy atom. The second-order valence-corrected chi connectivity index (χ2v) is 5.55. The van der Waals surface area contributed by atoms with Crippen molar-refractivity contribution in [1.82, 2.24) is 19.4 Å². The molecule has 0 spiro atoms. The quantitative estimate of drug-likeness (QED) is 0.754. The fourth-order valence-corrected chi connectivity index (χ4v) is 3.00. The van der Waals surface area contributed by atoms with Crippen LogP contribution in [0.1, 0.15) is 18.2 Å². The lowest BCUT2D eigenvalue weighted by atomic mass is 10.0. The average Bonchev–Trinajstić information content (AvgIpc) is 2.65. The minimum atomic E-state index is -0.887. The maximum absolute atomic E-state index is 14.3. The monoisotopic (exact) mass is 282 g/mol. The Labute approximate surface area is 116 Å². The molecule has 102 valence electrons. The number of aromatic nitrogens is 3. The van der Waals surface area contributed by atoms with Crippen molar-refractivity contribution < 1.29 is 4.39 Å². The van der Waals surface area contributed by atoms with E-state index in [1.54, 1.807) is 6.20 Å². The van der Waals surface area contributed by atoms with Crippen LogP contribution in [0.25, 0.3) is 11.0 Å². The summed E-state index contributed by atoms with van der Waals surface area (Å²) in [5.74, 6) is 0. The van der Waals surface area contributed by atoms with Crippen molar-refractivity contribution in [2.45, 2.75) is 25.6 Å². The second kappa shape index (κ2) is 4.72. The van der Waals surface area contributed by atoms with Crippen molar-refractivity contribution in [2.75, 3.05) is 20.1 Å². The minimum absolute atomic E-state index is 0.167. The molecule has 3 rings (SSSR count). The highest BCUT2D eigenvalue weighted by Gasteiger charge is 2.30. The van der Waals surface area contributed by atoms with Gasteiger partial charge in [-0.15, -0.1) is 0 Å². The minimum Gasteiger partial charge on any atom is -0.324 e. The maximum Gasteiger partial charge on any atom is 0.224 e. The zero-order chi connectivity index (χ0) is 13.6. The summed E-state index contributed by atoms with van der Waals surface area (Å²) in [5, 5.41) is 1.11. The van der Waals surface area contributed by atoms with E-state index < -0.39 is 6.17 Å².